The SMILES string of the molecule is CCC1CCCC1Nc1ccc(CN2CCCC2)cc1. The van der Waals surface area contributed by atoms with E-state index in [9.17, 15) is 0 Å². The van der Waals surface area contributed by atoms with Gasteiger partial charge in [-0.3, -0.25) is 4.90 Å². The van der Waals surface area contributed by atoms with Crippen LogP contribution in [0.5, 0.6) is 0 Å². The number of benzene rings is 1. The Bertz CT molecular complexity index is 406. The molecule has 1 aliphatic carbocycles. The highest BCUT2D eigenvalue weighted by Crippen LogP contribution is 2.30. The van der Waals surface area contributed by atoms with Gasteiger partial charge < -0.3 is 5.32 Å². The van der Waals surface area contributed by atoms with Crippen LogP contribution in [0.25, 0.3) is 0 Å². The highest BCUT2D eigenvalue weighted by molar-refractivity contribution is 5.45. The summed E-state index contributed by atoms with van der Waals surface area (Å²) in [6, 6.07) is 9.85. The maximum atomic E-state index is 3.75. The van der Waals surface area contributed by atoms with E-state index in [1.54, 1.807) is 0 Å². The van der Waals surface area contributed by atoms with E-state index in [1.165, 1.54) is 62.9 Å². The minimum Gasteiger partial charge on any atom is -0.382 e. The molecule has 2 fully saturated rings. The van der Waals surface area contributed by atoms with Gasteiger partial charge in [0, 0.05) is 18.3 Å². The average Bonchev–Trinajstić information content (AvgIpc) is 3.12. The molecule has 1 heterocycles. The van der Waals surface area contributed by atoms with E-state index >= 15 is 0 Å². The van der Waals surface area contributed by atoms with Crippen LogP contribution in [0.3, 0.4) is 0 Å². The van der Waals surface area contributed by atoms with Crippen molar-refractivity contribution in [3.63, 3.8) is 0 Å². The van der Waals surface area contributed by atoms with E-state index in [2.05, 4.69) is 41.4 Å². The van der Waals surface area contributed by atoms with Gasteiger partial charge >= 0.3 is 0 Å². The molecule has 1 aromatic rings. The van der Waals surface area contributed by atoms with Gasteiger partial charge in [0.05, 0.1) is 0 Å². The van der Waals surface area contributed by atoms with Crippen LogP contribution >= 0.6 is 0 Å². The third-order valence-corrected chi connectivity index (χ3v) is 5.09. The molecule has 0 aromatic heterocycles. The fourth-order valence-corrected chi connectivity index (χ4v) is 3.83. The Morgan fingerprint density at radius 2 is 1.80 bits per heavy atom. The van der Waals surface area contributed by atoms with Crippen molar-refractivity contribution in [2.24, 2.45) is 5.92 Å². The molecule has 1 aromatic carbocycles. The van der Waals surface area contributed by atoms with Crippen LogP contribution < -0.4 is 5.32 Å². The molecule has 0 spiro atoms. The van der Waals surface area contributed by atoms with Gasteiger partial charge in [0.2, 0.25) is 0 Å². The second kappa shape index (κ2) is 6.62. The van der Waals surface area contributed by atoms with E-state index in [0.717, 1.165) is 12.5 Å². The summed E-state index contributed by atoms with van der Waals surface area (Å²) in [6.07, 6.45) is 8.20. The van der Waals surface area contributed by atoms with Gasteiger partial charge in [-0.2, -0.15) is 0 Å². The molecule has 1 N–H and O–H groups in total. The largest absolute Gasteiger partial charge is 0.382 e. The summed E-state index contributed by atoms with van der Waals surface area (Å²) >= 11 is 0. The van der Waals surface area contributed by atoms with Crippen LogP contribution in [0.1, 0.15) is 51.0 Å². The van der Waals surface area contributed by atoms with Crippen LogP contribution in [0.2, 0.25) is 0 Å². The minimum absolute atomic E-state index is 0.699. The van der Waals surface area contributed by atoms with Crippen LogP contribution in [0.4, 0.5) is 5.69 Å². The van der Waals surface area contributed by atoms with Crippen molar-refractivity contribution in [1.29, 1.82) is 0 Å². The fraction of sp³-hybridized carbons (Fsp3) is 0.667. The molecule has 1 saturated carbocycles. The quantitative estimate of drug-likeness (QED) is 0.861. The first-order valence-electron chi connectivity index (χ1n) is 8.43. The summed E-state index contributed by atoms with van der Waals surface area (Å²) in [5.74, 6) is 0.874. The van der Waals surface area contributed by atoms with Crippen LogP contribution in [-0.4, -0.2) is 24.0 Å². The maximum Gasteiger partial charge on any atom is 0.0342 e. The predicted octanol–water partition coefficient (Wildman–Crippen LogP) is 4.27. The van der Waals surface area contributed by atoms with Crippen molar-refractivity contribution in [3.05, 3.63) is 29.8 Å². The van der Waals surface area contributed by atoms with E-state index in [4.69, 9.17) is 0 Å². The molecule has 2 nitrogen and oxygen atoms in total. The Morgan fingerprint density at radius 3 is 2.50 bits per heavy atom. The summed E-state index contributed by atoms with van der Waals surface area (Å²) in [4.78, 5) is 2.56. The number of nitrogens with zero attached hydrogens (tertiary/aromatic N) is 1. The molecule has 2 atom stereocenters. The molecule has 0 amide bonds. The van der Waals surface area contributed by atoms with Crippen molar-refractivity contribution < 1.29 is 0 Å². The van der Waals surface area contributed by atoms with Crippen molar-refractivity contribution >= 4 is 5.69 Å². The topological polar surface area (TPSA) is 15.3 Å². The second-order valence-electron chi connectivity index (χ2n) is 6.53. The Labute approximate surface area is 123 Å². The van der Waals surface area contributed by atoms with Crippen LogP contribution in [0, 0.1) is 5.92 Å². The van der Waals surface area contributed by atoms with Crippen LogP contribution in [-0.2, 0) is 6.54 Å². The van der Waals surface area contributed by atoms with Crippen LogP contribution in [0.15, 0.2) is 24.3 Å². The van der Waals surface area contributed by atoms with E-state index in [0.29, 0.717) is 6.04 Å². The Balaban J connectivity index is 1.55. The average molecular weight is 272 g/mol. The molecule has 0 radical (unpaired) electrons. The lowest BCUT2D eigenvalue weighted by Gasteiger charge is -2.21. The summed E-state index contributed by atoms with van der Waals surface area (Å²) < 4.78 is 0. The Morgan fingerprint density at radius 1 is 1.05 bits per heavy atom. The Kier molecular flexibility index (Phi) is 4.62. The van der Waals surface area contributed by atoms with Crippen molar-refractivity contribution in [3.8, 4) is 0 Å². The molecular weight excluding hydrogens is 244 g/mol. The number of likely N-dealkylation sites (tertiary alicyclic amines) is 1. The number of rotatable bonds is 5. The van der Waals surface area contributed by atoms with Gasteiger partial charge in [0.1, 0.15) is 0 Å². The van der Waals surface area contributed by atoms with Crippen molar-refractivity contribution in [2.45, 2.75) is 58.0 Å². The van der Waals surface area contributed by atoms with Gasteiger partial charge in [0.15, 0.2) is 0 Å². The highest BCUT2D eigenvalue weighted by atomic mass is 15.1. The second-order valence-corrected chi connectivity index (χ2v) is 6.53. The molecule has 110 valence electrons. The third kappa shape index (κ3) is 3.35. The normalized spacial score (nSPS) is 27.1. The number of hydrogen-bond donors (Lipinski definition) is 1. The van der Waals surface area contributed by atoms with E-state index in [1.807, 2.05) is 0 Å². The minimum atomic E-state index is 0.699. The standard InChI is InChI=1S/C18H28N2/c1-2-16-6-5-7-18(16)19-17-10-8-15(9-11-17)14-20-12-3-4-13-20/h8-11,16,18-19H,2-7,12-14H2,1H3. The lowest BCUT2D eigenvalue weighted by Crippen LogP contribution is -2.23. The predicted molar refractivity (Wildman–Crippen MR) is 86.0 cm³/mol. The zero-order valence-electron chi connectivity index (χ0n) is 12.8. The monoisotopic (exact) mass is 272 g/mol. The number of anilines is 1. The first-order chi connectivity index (χ1) is 9.85. The maximum absolute atomic E-state index is 3.75. The summed E-state index contributed by atoms with van der Waals surface area (Å²) in [6.45, 7) is 6.01. The highest BCUT2D eigenvalue weighted by Gasteiger charge is 2.25. The van der Waals surface area contributed by atoms with Crippen molar-refractivity contribution in [1.82, 2.24) is 4.90 Å². The molecule has 0 bridgehead atoms. The summed E-state index contributed by atoms with van der Waals surface area (Å²) in [5.41, 5.74) is 2.76. The number of hydrogen-bond acceptors (Lipinski definition) is 2. The van der Waals surface area contributed by atoms with Gasteiger partial charge in [-0.1, -0.05) is 31.9 Å². The smallest absolute Gasteiger partial charge is 0.0342 e. The molecule has 1 aliphatic heterocycles. The zero-order valence-corrected chi connectivity index (χ0v) is 12.8. The van der Waals surface area contributed by atoms with Crippen molar-refractivity contribution in [2.75, 3.05) is 18.4 Å². The molecule has 2 aliphatic rings. The molecule has 2 unspecified atom stereocenters. The first kappa shape index (κ1) is 13.9. The summed E-state index contributed by atoms with van der Waals surface area (Å²) in [7, 11) is 0. The summed E-state index contributed by atoms with van der Waals surface area (Å²) in [5, 5.41) is 3.75. The molecular formula is C18H28N2. The molecule has 2 heteroatoms. The lowest BCUT2D eigenvalue weighted by atomic mass is 10.0. The van der Waals surface area contributed by atoms with Gasteiger partial charge in [0.25, 0.3) is 0 Å². The fourth-order valence-electron chi connectivity index (χ4n) is 3.83. The van der Waals surface area contributed by atoms with Gasteiger partial charge in [-0.25, -0.2) is 0 Å². The third-order valence-electron chi connectivity index (χ3n) is 5.09. The molecule has 3 rings (SSSR count). The lowest BCUT2D eigenvalue weighted by molar-refractivity contribution is 0.331. The first-order valence-corrected chi connectivity index (χ1v) is 8.43. The van der Waals surface area contributed by atoms with E-state index in [-0.39, 0.29) is 0 Å². The van der Waals surface area contributed by atoms with Gasteiger partial charge in [-0.05, 0) is 62.4 Å². The zero-order chi connectivity index (χ0) is 13.8. The Hall–Kier alpha value is -1.02. The molecule has 20 heavy (non-hydrogen) atoms. The molecule has 1 saturated heterocycles. The van der Waals surface area contributed by atoms with E-state index < -0.39 is 0 Å². The number of nitrogens with one attached hydrogen (secondary N) is 1. The van der Waals surface area contributed by atoms with Gasteiger partial charge in [-0.15, -0.1) is 0 Å².